The lowest BCUT2D eigenvalue weighted by Gasteiger charge is -2.40. The lowest BCUT2D eigenvalue weighted by atomic mass is 9.64. The van der Waals surface area contributed by atoms with E-state index in [2.05, 4.69) is 97.1 Å². The minimum atomic E-state index is 0.0614. The summed E-state index contributed by atoms with van der Waals surface area (Å²) in [6.45, 7) is 16.2. The second kappa shape index (κ2) is 6.16. The van der Waals surface area contributed by atoms with E-state index in [0.717, 1.165) is 6.42 Å². The van der Waals surface area contributed by atoms with Crippen molar-refractivity contribution in [3.05, 3.63) is 82.0 Å². The molecule has 132 valence electrons. The Hall–Kier alpha value is -1.82. The molecule has 0 N–H and O–H groups in total. The third-order valence-electron chi connectivity index (χ3n) is 6.54. The molecule has 1 aromatic carbocycles. The van der Waals surface area contributed by atoms with Crippen molar-refractivity contribution in [1.82, 2.24) is 0 Å². The quantitative estimate of drug-likeness (QED) is 0.559. The standard InChI is InChI=1S/C25H32/c1-17-11-14-24(6,15-12-17)22-18(2)16-19(3)23(21(22)5)25(7)13-9-8-10-20(25)4/h8-14,16,20H,15H2,1-7H3. The zero-order valence-electron chi connectivity index (χ0n) is 16.9. The highest BCUT2D eigenvalue weighted by atomic mass is 14.4. The van der Waals surface area contributed by atoms with Crippen LogP contribution in [0.15, 0.2) is 54.2 Å². The average Bonchev–Trinajstić information content (AvgIpc) is 2.53. The smallest absolute Gasteiger partial charge is 0.0172 e. The lowest BCUT2D eigenvalue weighted by Crippen LogP contribution is -2.32. The molecule has 0 heterocycles. The fourth-order valence-electron chi connectivity index (χ4n) is 5.05. The summed E-state index contributed by atoms with van der Waals surface area (Å²) in [6.07, 6.45) is 17.3. The van der Waals surface area contributed by atoms with E-state index in [1.807, 2.05) is 0 Å². The van der Waals surface area contributed by atoms with Crippen LogP contribution in [0.4, 0.5) is 0 Å². The van der Waals surface area contributed by atoms with Gasteiger partial charge in [0.25, 0.3) is 0 Å². The zero-order valence-corrected chi connectivity index (χ0v) is 16.9. The molecule has 2 aliphatic rings. The predicted octanol–water partition coefficient (Wildman–Crippen LogP) is 6.80. The van der Waals surface area contributed by atoms with Gasteiger partial charge < -0.3 is 0 Å². The molecular weight excluding hydrogens is 300 g/mol. The molecule has 1 aromatic rings. The van der Waals surface area contributed by atoms with Crippen molar-refractivity contribution in [3.63, 3.8) is 0 Å². The molecule has 0 heteroatoms. The molecule has 0 fully saturated rings. The van der Waals surface area contributed by atoms with Gasteiger partial charge in [0.1, 0.15) is 0 Å². The molecule has 2 aliphatic carbocycles. The molecule has 0 bridgehead atoms. The minimum absolute atomic E-state index is 0.0614. The maximum atomic E-state index is 2.42. The Balaban J connectivity index is 2.22. The van der Waals surface area contributed by atoms with Crippen molar-refractivity contribution in [3.8, 4) is 0 Å². The van der Waals surface area contributed by atoms with Crippen molar-refractivity contribution in [2.24, 2.45) is 5.92 Å². The summed E-state index contributed by atoms with van der Waals surface area (Å²) in [5.74, 6) is 0.502. The molecule has 3 rings (SSSR count). The van der Waals surface area contributed by atoms with Crippen molar-refractivity contribution in [1.29, 1.82) is 0 Å². The van der Waals surface area contributed by atoms with Gasteiger partial charge >= 0.3 is 0 Å². The molecule has 0 radical (unpaired) electrons. The third kappa shape index (κ3) is 2.86. The van der Waals surface area contributed by atoms with Gasteiger partial charge in [0, 0.05) is 10.8 Å². The zero-order chi connectivity index (χ0) is 18.4. The monoisotopic (exact) mass is 332 g/mol. The van der Waals surface area contributed by atoms with Crippen molar-refractivity contribution >= 4 is 0 Å². The van der Waals surface area contributed by atoms with E-state index >= 15 is 0 Å². The second-order valence-electron chi connectivity index (χ2n) is 8.60. The van der Waals surface area contributed by atoms with Gasteiger partial charge in [0.05, 0.1) is 0 Å². The van der Waals surface area contributed by atoms with Crippen LogP contribution in [0, 0.1) is 26.7 Å². The van der Waals surface area contributed by atoms with Crippen LogP contribution >= 0.6 is 0 Å². The predicted molar refractivity (Wildman–Crippen MR) is 110 cm³/mol. The lowest BCUT2D eigenvalue weighted by molar-refractivity contribution is 0.450. The van der Waals surface area contributed by atoms with Gasteiger partial charge in [0.15, 0.2) is 0 Å². The van der Waals surface area contributed by atoms with Gasteiger partial charge in [-0.2, -0.15) is 0 Å². The summed E-state index contributed by atoms with van der Waals surface area (Å²) in [5.41, 5.74) is 8.88. The van der Waals surface area contributed by atoms with E-state index in [-0.39, 0.29) is 10.8 Å². The van der Waals surface area contributed by atoms with Gasteiger partial charge in [-0.3, -0.25) is 0 Å². The average molecular weight is 333 g/mol. The van der Waals surface area contributed by atoms with Crippen LogP contribution < -0.4 is 0 Å². The number of hydrogen-bond acceptors (Lipinski definition) is 0. The van der Waals surface area contributed by atoms with Crippen molar-refractivity contribution in [2.45, 2.75) is 65.7 Å². The van der Waals surface area contributed by atoms with Gasteiger partial charge in [-0.25, -0.2) is 0 Å². The van der Waals surface area contributed by atoms with Crippen LogP contribution in [0.3, 0.4) is 0 Å². The molecule has 0 saturated carbocycles. The third-order valence-corrected chi connectivity index (χ3v) is 6.54. The highest BCUT2D eigenvalue weighted by molar-refractivity contribution is 5.56. The summed E-state index contributed by atoms with van der Waals surface area (Å²) < 4.78 is 0. The van der Waals surface area contributed by atoms with E-state index in [9.17, 15) is 0 Å². The fraction of sp³-hybridized carbons (Fsp3) is 0.440. The molecular formula is C25H32. The topological polar surface area (TPSA) is 0 Å². The molecule has 0 aliphatic heterocycles. The van der Waals surface area contributed by atoms with Crippen LogP contribution in [-0.4, -0.2) is 0 Å². The summed E-state index contributed by atoms with van der Waals surface area (Å²) >= 11 is 0. The number of hydrogen-bond donors (Lipinski definition) is 0. The first kappa shape index (κ1) is 18.0. The van der Waals surface area contributed by atoms with Crippen molar-refractivity contribution < 1.29 is 0 Å². The normalized spacial score (nSPS) is 31.3. The Kier molecular flexibility index (Phi) is 4.43. The first-order valence-electron chi connectivity index (χ1n) is 9.53. The van der Waals surface area contributed by atoms with Crippen LogP contribution in [0.1, 0.15) is 61.9 Å². The van der Waals surface area contributed by atoms with E-state index in [0.29, 0.717) is 5.92 Å². The summed E-state index contributed by atoms with van der Waals surface area (Å²) in [6, 6.07) is 2.41. The Morgan fingerprint density at radius 3 is 2.20 bits per heavy atom. The highest BCUT2D eigenvalue weighted by Crippen LogP contribution is 2.45. The van der Waals surface area contributed by atoms with Gasteiger partial charge in [0.2, 0.25) is 0 Å². The molecule has 3 unspecified atom stereocenters. The molecule has 3 atom stereocenters. The maximum absolute atomic E-state index is 2.42. The summed E-state index contributed by atoms with van der Waals surface area (Å²) in [5, 5.41) is 0. The highest BCUT2D eigenvalue weighted by Gasteiger charge is 2.36. The Morgan fingerprint density at radius 1 is 0.920 bits per heavy atom. The van der Waals surface area contributed by atoms with Gasteiger partial charge in [-0.05, 0) is 67.9 Å². The first-order valence-corrected chi connectivity index (χ1v) is 9.53. The molecule has 0 amide bonds. The Labute approximate surface area is 154 Å². The molecule has 25 heavy (non-hydrogen) atoms. The molecule has 0 spiro atoms. The van der Waals surface area contributed by atoms with Crippen molar-refractivity contribution in [2.75, 3.05) is 0 Å². The van der Waals surface area contributed by atoms with Crippen LogP contribution in [-0.2, 0) is 10.8 Å². The number of allylic oxidation sites excluding steroid dienone is 8. The summed E-state index contributed by atoms with van der Waals surface area (Å²) in [7, 11) is 0. The van der Waals surface area contributed by atoms with Crippen LogP contribution in [0.2, 0.25) is 0 Å². The molecule has 0 nitrogen and oxygen atoms in total. The van der Waals surface area contributed by atoms with E-state index in [1.165, 1.54) is 33.4 Å². The number of aryl methyl sites for hydroxylation is 2. The van der Waals surface area contributed by atoms with E-state index in [1.54, 1.807) is 0 Å². The van der Waals surface area contributed by atoms with Gasteiger partial charge in [-0.1, -0.05) is 74.9 Å². The first-order chi connectivity index (χ1) is 11.7. The summed E-state index contributed by atoms with van der Waals surface area (Å²) in [4.78, 5) is 0. The van der Waals surface area contributed by atoms with E-state index in [4.69, 9.17) is 0 Å². The minimum Gasteiger partial charge on any atom is -0.0805 e. The Bertz CT molecular complexity index is 815. The molecule has 0 saturated heterocycles. The SMILES string of the molecule is CC1=CCC(C)(c2c(C)cc(C)c(C3(C)C=CC=CC3C)c2C)C=C1. The largest absolute Gasteiger partial charge is 0.0805 e. The maximum Gasteiger partial charge on any atom is 0.0172 e. The van der Waals surface area contributed by atoms with Gasteiger partial charge in [-0.15, -0.1) is 0 Å². The van der Waals surface area contributed by atoms with Crippen LogP contribution in [0.25, 0.3) is 0 Å². The van der Waals surface area contributed by atoms with Crippen LogP contribution in [0.5, 0.6) is 0 Å². The Morgan fingerprint density at radius 2 is 1.60 bits per heavy atom. The number of benzene rings is 1. The molecule has 0 aromatic heterocycles. The fourth-order valence-corrected chi connectivity index (χ4v) is 5.05. The second-order valence-corrected chi connectivity index (χ2v) is 8.60. The number of rotatable bonds is 2. The van der Waals surface area contributed by atoms with E-state index < -0.39 is 0 Å².